The van der Waals surface area contributed by atoms with Gasteiger partial charge in [0.1, 0.15) is 5.82 Å². The molecule has 4 nitrogen and oxygen atoms in total. The average molecular weight is 343 g/mol. The van der Waals surface area contributed by atoms with E-state index in [9.17, 15) is 14.3 Å². The van der Waals surface area contributed by atoms with E-state index >= 15 is 0 Å². The number of hydrogen-bond acceptors (Lipinski definition) is 3. The monoisotopic (exact) mass is 343 g/mol. The van der Waals surface area contributed by atoms with Gasteiger partial charge in [-0.3, -0.25) is 4.79 Å². The molecule has 0 aromatic heterocycles. The Labute approximate surface area is 146 Å². The molecule has 25 heavy (non-hydrogen) atoms. The Morgan fingerprint density at radius 1 is 1.24 bits per heavy atom. The van der Waals surface area contributed by atoms with Crippen LogP contribution in [-0.4, -0.2) is 35.7 Å². The van der Waals surface area contributed by atoms with Crippen LogP contribution in [0.3, 0.4) is 0 Å². The van der Waals surface area contributed by atoms with E-state index in [1.807, 2.05) is 24.3 Å². The van der Waals surface area contributed by atoms with Gasteiger partial charge in [-0.05, 0) is 35.2 Å². The minimum absolute atomic E-state index is 0.0413. The van der Waals surface area contributed by atoms with Gasteiger partial charge in [-0.25, -0.2) is 4.39 Å². The number of aliphatic hydroxyl groups excluding tert-OH is 1. The molecule has 1 fully saturated rings. The lowest BCUT2D eigenvalue weighted by Crippen LogP contribution is -2.33. The predicted octanol–water partition coefficient (Wildman–Crippen LogP) is 2.85. The molecule has 3 rings (SSSR count). The fraction of sp³-hybridized carbons (Fsp3) is 0.350. The standard InChI is InChI=1S/C20H22FNO3/c1-25-13-15-4-2-3-14(9-15)10-20(24)22-12-18(23)11-19(22)16-5-7-17(21)8-6-16/h2-9,18-19,23H,10-13H2,1H3/t18-,19-/m0/s1. The molecule has 0 aliphatic carbocycles. The number of aliphatic hydroxyl groups is 1. The van der Waals surface area contributed by atoms with Gasteiger partial charge < -0.3 is 14.7 Å². The van der Waals surface area contributed by atoms with Gasteiger partial charge >= 0.3 is 0 Å². The second-order valence-electron chi connectivity index (χ2n) is 6.43. The summed E-state index contributed by atoms with van der Waals surface area (Å²) in [5.41, 5.74) is 2.78. The molecule has 2 atom stereocenters. The maximum atomic E-state index is 13.2. The molecule has 1 saturated heterocycles. The van der Waals surface area contributed by atoms with E-state index in [-0.39, 0.29) is 24.2 Å². The number of carbonyl (C=O) groups is 1. The molecule has 1 amide bonds. The van der Waals surface area contributed by atoms with Gasteiger partial charge in [-0.2, -0.15) is 0 Å². The molecular weight excluding hydrogens is 321 g/mol. The summed E-state index contributed by atoms with van der Waals surface area (Å²) in [5, 5.41) is 10.0. The summed E-state index contributed by atoms with van der Waals surface area (Å²) in [6.07, 6.45) is 0.183. The number of methoxy groups -OCH3 is 1. The summed E-state index contributed by atoms with van der Waals surface area (Å²) < 4.78 is 18.3. The van der Waals surface area contributed by atoms with Crippen LogP contribution in [0.15, 0.2) is 48.5 Å². The first-order valence-corrected chi connectivity index (χ1v) is 8.36. The van der Waals surface area contributed by atoms with Crippen LogP contribution in [-0.2, 0) is 22.6 Å². The van der Waals surface area contributed by atoms with Crippen molar-refractivity contribution in [2.24, 2.45) is 0 Å². The van der Waals surface area contributed by atoms with E-state index in [2.05, 4.69) is 0 Å². The molecule has 1 N–H and O–H groups in total. The average Bonchev–Trinajstić information content (AvgIpc) is 2.98. The van der Waals surface area contributed by atoms with Crippen molar-refractivity contribution in [3.8, 4) is 0 Å². The van der Waals surface area contributed by atoms with E-state index in [0.717, 1.165) is 16.7 Å². The maximum absolute atomic E-state index is 13.2. The summed E-state index contributed by atoms with van der Waals surface area (Å²) >= 11 is 0. The summed E-state index contributed by atoms with van der Waals surface area (Å²) in [5.74, 6) is -0.351. The summed E-state index contributed by atoms with van der Waals surface area (Å²) in [7, 11) is 1.64. The van der Waals surface area contributed by atoms with Crippen molar-refractivity contribution in [1.82, 2.24) is 4.90 Å². The number of hydrogen-bond donors (Lipinski definition) is 1. The lowest BCUT2D eigenvalue weighted by Gasteiger charge is -2.25. The van der Waals surface area contributed by atoms with Gasteiger partial charge in [-0.15, -0.1) is 0 Å². The molecule has 1 aliphatic rings. The van der Waals surface area contributed by atoms with Crippen molar-refractivity contribution in [1.29, 1.82) is 0 Å². The van der Waals surface area contributed by atoms with Crippen LogP contribution in [0.5, 0.6) is 0 Å². The van der Waals surface area contributed by atoms with Crippen LogP contribution in [0.1, 0.15) is 29.2 Å². The Kier molecular flexibility index (Phi) is 5.46. The van der Waals surface area contributed by atoms with Gasteiger partial charge in [0.25, 0.3) is 0 Å². The van der Waals surface area contributed by atoms with Crippen molar-refractivity contribution in [2.45, 2.75) is 31.6 Å². The van der Waals surface area contributed by atoms with Crippen LogP contribution >= 0.6 is 0 Å². The third kappa shape index (κ3) is 4.24. The Bertz CT molecular complexity index is 732. The number of amides is 1. The van der Waals surface area contributed by atoms with Crippen LogP contribution in [0, 0.1) is 5.82 Å². The van der Waals surface area contributed by atoms with Gasteiger partial charge in [0.05, 0.1) is 25.2 Å². The number of β-amino-alcohol motifs (C(OH)–C–C–N with tert-alkyl or cyclic N) is 1. The van der Waals surface area contributed by atoms with Crippen LogP contribution < -0.4 is 0 Å². The highest BCUT2D eigenvalue weighted by molar-refractivity contribution is 5.79. The van der Waals surface area contributed by atoms with Crippen molar-refractivity contribution in [3.05, 3.63) is 71.0 Å². The SMILES string of the molecule is COCc1cccc(CC(=O)N2C[C@@H](O)C[C@H]2c2ccc(F)cc2)c1. The van der Waals surface area contributed by atoms with Crippen LogP contribution in [0.2, 0.25) is 0 Å². The zero-order valence-corrected chi connectivity index (χ0v) is 14.2. The van der Waals surface area contributed by atoms with Crippen LogP contribution in [0.4, 0.5) is 4.39 Å². The number of carbonyl (C=O) groups excluding carboxylic acids is 1. The fourth-order valence-electron chi connectivity index (χ4n) is 3.36. The van der Waals surface area contributed by atoms with Crippen molar-refractivity contribution < 1.29 is 19.0 Å². The number of ether oxygens (including phenoxy) is 1. The molecule has 1 heterocycles. The summed E-state index contributed by atoms with van der Waals surface area (Å²) in [6, 6.07) is 13.6. The topological polar surface area (TPSA) is 49.8 Å². The number of halogens is 1. The maximum Gasteiger partial charge on any atom is 0.227 e. The molecule has 0 bridgehead atoms. The van der Waals surface area contributed by atoms with Gasteiger partial charge in [0.15, 0.2) is 0 Å². The number of likely N-dealkylation sites (tertiary alicyclic amines) is 1. The minimum Gasteiger partial charge on any atom is -0.391 e. The minimum atomic E-state index is -0.557. The van der Waals surface area contributed by atoms with E-state index in [4.69, 9.17) is 4.74 Å². The summed E-state index contributed by atoms with van der Waals surface area (Å²) in [4.78, 5) is 14.5. The van der Waals surface area contributed by atoms with E-state index in [0.29, 0.717) is 19.6 Å². The Hall–Kier alpha value is -2.24. The Balaban J connectivity index is 1.75. The van der Waals surface area contributed by atoms with E-state index < -0.39 is 6.10 Å². The lowest BCUT2D eigenvalue weighted by atomic mass is 10.0. The molecule has 1 aliphatic heterocycles. The molecule has 5 heteroatoms. The molecular formula is C20H22FNO3. The molecule has 0 saturated carbocycles. The third-order valence-electron chi connectivity index (χ3n) is 4.51. The van der Waals surface area contributed by atoms with E-state index in [1.54, 1.807) is 24.1 Å². The van der Waals surface area contributed by atoms with Gasteiger partial charge in [-0.1, -0.05) is 36.4 Å². The number of rotatable bonds is 5. The zero-order chi connectivity index (χ0) is 17.8. The first-order valence-electron chi connectivity index (χ1n) is 8.36. The third-order valence-corrected chi connectivity index (χ3v) is 4.51. The van der Waals surface area contributed by atoms with E-state index in [1.165, 1.54) is 12.1 Å². The van der Waals surface area contributed by atoms with Gasteiger partial charge in [0.2, 0.25) is 5.91 Å². The second kappa shape index (κ2) is 7.76. The van der Waals surface area contributed by atoms with Gasteiger partial charge in [0, 0.05) is 13.7 Å². The van der Waals surface area contributed by atoms with Crippen molar-refractivity contribution >= 4 is 5.91 Å². The second-order valence-corrected chi connectivity index (χ2v) is 6.43. The van der Waals surface area contributed by atoms with Crippen molar-refractivity contribution in [3.63, 3.8) is 0 Å². The molecule has 0 radical (unpaired) electrons. The largest absolute Gasteiger partial charge is 0.391 e. The molecule has 0 spiro atoms. The predicted molar refractivity (Wildman–Crippen MR) is 92.3 cm³/mol. The first-order chi connectivity index (χ1) is 12.1. The number of benzene rings is 2. The normalized spacial score (nSPS) is 20.0. The molecule has 2 aromatic rings. The highest BCUT2D eigenvalue weighted by Gasteiger charge is 2.35. The summed E-state index contributed by atoms with van der Waals surface area (Å²) in [6.45, 7) is 0.807. The first kappa shape index (κ1) is 17.6. The smallest absolute Gasteiger partial charge is 0.227 e. The number of nitrogens with zero attached hydrogens (tertiary/aromatic N) is 1. The molecule has 132 valence electrons. The quantitative estimate of drug-likeness (QED) is 0.908. The molecule has 0 unspecified atom stereocenters. The van der Waals surface area contributed by atoms with Crippen LogP contribution in [0.25, 0.3) is 0 Å². The zero-order valence-electron chi connectivity index (χ0n) is 14.2. The Morgan fingerprint density at radius 3 is 2.68 bits per heavy atom. The molecule has 2 aromatic carbocycles. The fourth-order valence-corrected chi connectivity index (χ4v) is 3.36. The lowest BCUT2D eigenvalue weighted by molar-refractivity contribution is -0.131. The van der Waals surface area contributed by atoms with Crippen molar-refractivity contribution in [2.75, 3.05) is 13.7 Å². The Morgan fingerprint density at radius 2 is 1.96 bits per heavy atom. The highest BCUT2D eigenvalue weighted by atomic mass is 19.1. The highest BCUT2D eigenvalue weighted by Crippen LogP contribution is 2.32.